The van der Waals surface area contributed by atoms with E-state index in [0.717, 1.165) is 63.5 Å². The summed E-state index contributed by atoms with van der Waals surface area (Å²) in [6.07, 6.45) is 18.9. The molecule has 0 fully saturated rings. The van der Waals surface area contributed by atoms with E-state index in [0.29, 0.717) is 19.4 Å². The molecule has 0 unspecified atom stereocenters. The van der Waals surface area contributed by atoms with Crippen molar-refractivity contribution in [3.8, 4) is 0 Å². The largest absolute Gasteiger partial charge is 0.491 e. The molecule has 0 aromatic heterocycles. The fraction of sp³-hybridized carbons (Fsp3) is 0.719. The van der Waals surface area contributed by atoms with Gasteiger partial charge in [0.1, 0.15) is 5.78 Å². The molecule has 0 radical (unpaired) electrons. The highest BCUT2D eigenvalue weighted by Crippen LogP contribution is 2.17. The van der Waals surface area contributed by atoms with Crippen molar-refractivity contribution >= 4 is 30.1 Å². The number of amides is 1. The van der Waals surface area contributed by atoms with Crippen LogP contribution in [0.3, 0.4) is 0 Å². The van der Waals surface area contributed by atoms with Gasteiger partial charge >= 0.3 is 7.12 Å². The van der Waals surface area contributed by atoms with Crippen molar-refractivity contribution in [1.82, 2.24) is 5.32 Å². The van der Waals surface area contributed by atoms with Crippen LogP contribution in [0.2, 0.25) is 0 Å². The summed E-state index contributed by atoms with van der Waals surface area (Å²) in [6, 6.07) is 2.15. The van der Waals surface area contributed by atoms with Crippen LogP contribution in [0, 0.1) is 17.6 Å². The highest BCUT2D eigenvalue weighted by Gasteiger charge is 2.23. The van der Waals surface area contributed by atoms with Gasteiger partial charge in [0.15, 0.2) is 17.4 Å². The molecule has 0 saturated carbocycles. The summed E-state index contributed by atoms with van der Waals surface area (Å²) in [5.41, 5.74) is -0.914. The van der Waals surface area contributed by atoms with Crippen LogP contribution in [0.4, 0.5) is 8.78 Å². The van der Waals surface area contributed by atoms with Crippen LogP contribution in [-0.4, -0.2) is 41.2 Å². The van der Waals surface area contributed by atoms with Gasteiger partial charge in [-0.05, 0) is 38.7 Å². The minimum Gasteiger partial charge on any atom is -0.423 e. The molecule has 0 aliphatic heterocycles. The summed E-state index contributed by atoms with van der Waals surface area (Å²) >= 11 is 0. The van der Waals surface area contributed by atoms with E-state index in [1.165, 1.54) is 51.4 Å². The Hall–Kier alpha value is -2.13. The second-order valence-corrected chi connectivity index (χ2v) is 11.4. The molecular weight excluding hydrogens is 527 g/mol. The molecule has 0 saturated heterocycles. The number of hydrogen-bond acceptors (Lipinski definition) is 5. The first-order valence-corrected chi connectivity index (χ1v) is 15.8. The molecule has 0 heterocycles. The fourth-order valence-electron chi connectivity index (χ4n) is 4.90. The van der Waals surface area contributed by atoms with Crippen molar-refractivity contribution in [3.05, 3.63) is 29.3 Å². The molecule has 234 valence electrons. The lowest BCUT2D eigenvalue weighted by Crippen LogP contribution is -2.34. The first-order chi connectivity index (χ1) is 19.6. The summed E-state index contributed by atoms with van der Waals surface area (Å²) in [5.74, 6) is -2.68. The van der Waals surface area contributed by atoms with Crippen molar-refractivity contribution in [2.45, 2.75) is 136 Å². The first kappa shape index (κ1) is 36.9. The van der Waals surface area contributed by atoms with E-state index >= 15 is 0 Å². The molecule has 1 aromatic carbocycles. The number of halogens is 2. The molecule has 41 heavy (non-hydrogen) atoms. The molecule has 1 amide bonds. The fourth-order valence-corrected chi connectivity index (χ4v) is 4.90. The summed E-state index contributed by atoms with van der Waals surface area (Å²) in [7, 11) is -2.12. The quantitative estimate of drug-likeness (QED) is 0.0668. The van der Waals surface area contributed by atoms with Crippen LogP contribution < -0.4 is 10.8 Å². The molecule has 1 aromatic rings. The number of carbonyl (C=O) groups excluding carboxylic acids is 3. The molecule has 0 bridgehead atoms. The molecular formula is C32H54BF2NO5. The smallest absolute Gasteiger partial charge is 0.423 e. The van der Waals surface area contributed by atoms with Gasteiger partial charge in [-0.15, -0.1) is 0 Å². The summed E-state index contributed by atoms with van der Waals surface area (Å²) in [4.78, 5) is 35.3. The zero-order valence-electron chi connectivity index (χ0n) is 25.3. The normalized spacial score (nSPS) is 11.9. The molecule has 0 aliphatic rings. The maximum absolute atomic E-state index is 14.0. The van der Waals surface area contributed by atoms with Gasteiger partial charge in [-0.2, -0.15) is 0 Å². The van der Waals surface area contributed by atoms with E-state index in [2.05, 4.69) is 5.32 Å². The molecule has 1 atom stereocenters. The zero-order chi connectivity index (χ0) is 30.5. The predicted molar refractivity (Wildman–Crippen MR) is 163 cm³/mol. The monoisotopic (exact) mass is 581 g/mol. The first-order valence-electron chi connectivity index (χ1n) is 15.8. The highest BCUT2D eigenvalue weighted by molar-refractivity contribution is 6.58. The van der Waals surface area contributed by atoms with Crippen molar-refractivity contribution in [2.24, 2.45) is 5.92 Å². The van der Waals surface area contributed by atoms with Crippen molar-refractivity contribution in [3.63, 3.8) is 0 Å². The Morgan fingerprint density at radius 1 is 0.756 bits per heavy atom. The van der Waals surface area contributed by atoms with Crippen LogP contribution >= 0.6 is 0 Å². The van der Waals surface area contributed by atoms with Gasteiger partial charge in [-0.3, -0.25) is 14.4 Å². The third-order valence-electron chi connectivity index (χ3n) is 7.83. The van der Waals surface area contributed by atoms with E-state index < -0.39 is 30.0 Å². The molecule has 0 aliphatic carbocycles. The number of benzene rings is 1. The number of hydrogen-bond donors (Lipinski definition) is 3. The third kappa shape index (κ3) is 16.8. The van der Waals surface area contributed by atoms with Crippen LogP contribution in [0.5, 0.6) is 0 Å². The highest BCUT2D eigenvalue weighted by atomic mass is 19.2. The summed E-state index contributed by atoms with van der Waals surface area (Å²) in [5, 5.41) is 21.0. The Balaban J connectivity index is 0.0000168. The van der Waals surface area contributed by atoms with Gasteiger partial charge in [0.05, 0.1) is 5.56 Å². The lowest BCUT2D eigenvalue weighted by atomic mass is 9.79. The van der Waals surface area contributed by atoms with E-state index in [9.17, 15) is 23.2 Å². The second-order valence-electron chi connectivity index (χ2n) is 11.4. The number of carbonyl (C=O) groups is 3. The maximum Gasteiger partial charge on any atom is 0.491 e. The third-order valence-corrected chi connectivity index (χ3v) is 7.83. The van der Waals surface area contributed by atoms with Crippen molar-refractivity contribution < 1.29 is 34.6 Å². The van der Waals surface area contributed by atoms with Crippen molar-refractivity contribution in [2.75, 3.05) is 6.54 Å². The maximum atomic E-state index is 14.0. The van der Waals surface area contributed by atoms with Gasteiger partial charge in [0.25, 0.3) is 0 Å². The molecule has 9 heteroatoms. The predicted octanol–water partition coefficient (Wildman–Crippen LogP) is 6.83. The van der Waals surface area contributed by atoms with E-state index in [1.54, 1.807) is 6.92 Å². The van der Waals surface area contributed by atoms with Crippen LogP contribution in [-0.2, 0) is 9.59 Å². The Morgan fingerprint density at radius 2 is 1.24 bits per heavy atom. The topological polar surface area (TPSA) is 104 Å². The lowest BCUT2D eigenvalue weighted by Gasteiger charge is -2.08. The second kappa shape index (κ2) is 22.5. The Bertz CT molecular complexity index is 919. The number of ketones is 2. The van der Waals surface area contributed by atoms with Gasteiger partial charge < -0.3 is 15.4 Å². The molecule has 6 nitrogen and oxygen atoms in total. The average Bonchev–Trinajstić information content (AvgIpc) is 2.93. The van der Waals surface area contributed by atoms with Crippen LogP contribution in [0.1, 0.15) is 148 Å². The molecule has 0 spiro atoms. The van der Waals surface area contributed by atoms with E-state index in [4.69, 9.17) is 10.0 Å². The molecule has 1 rings (SSSR count). The Morgan fingerprint density at radius 3 is 1.73 bits per heavy atom. The summed E-state index contributed by atoms with van der Waals surface area (Å²) < 4.78 is 27.9. The zero-order valence-corrected chi connectivity index (χ0v) is 25.3. The van der Waals surface area contributed by atoms with Crippen molar-refractivity contribution in [1.29, 1.82) is 0 Å². The Kier molecular flexibility index (Phi) is 20.2. The van der Waals surface area contributed by atoms with E-state index in [1.807, 2.05) is 6.92 Å². The minimum absolute atomic E-state index is 0. The SMILES string of the molecule is CC(=O)[C@@H](C)CCCCNC(=O)CCCCCCCCCCCCCCCCC(=O)c1ccc(B(O)O)c(F)c1F.[HH]. The number of Topliss-reactive ketones (excluding diaryl/α,β-unsaturated/α-hetero) is 2. The number of nitrogens with one attached hydrogen (secondary N) is 1. The van der Waals surface area contributed by atoms with E-state index in [-0.39, 0.29) is 31.0 Å². The van der Waals surface area contributed by atoms with Crippen LogP contribution in [0.25, 0.3) is 0 Å². The van der Waals surface area contributed by atoms with Gasteiger partial charge in [-0.25, -0.2) is 8.78 Å². The number of rotatable bonds is 25. The van der Waals surface area contributed by atoms with Crippen LogP contribution in [0.15, 0.2) is 12.1 Å². The van der Waals surface area contributed by atoms with Gasteiger partial charge in [0.2, 0.25) is 5.91 Å². The van der Waals surface area contributed by atoms with Gasteiger partial charge in [0, 0.05) is 32.2 Å². The lowest BCUT2D eigenvalue weighted by molar-refractivity contribution is -0.122. The summed E-state index contributed by atoms with van der Waals surface area (Å²) in [6.45, 7) is 4.29. The average molecular weight is 582 g/mol. The van der Waals surface area contributed by atoms with Gasteiger partial charge in [-0.1, -0.05) is 96.5 Å². The molecule has 3 N–H and O–H groups in total. The number of unbranched alkanes of at least 4 members (excludes halogenated alkanes) is 14. The minimum atomic E-state index is -2.12. The Labute approximate surface area is 247 Å². The standard InChI is InChI=1S/C32H52BF2NO5.H2/c1-25(26(2)37)19-17-18-24-36-30(39)21-16-14-12-10-8-6-4-3-5-7-9-11-13-15-20-29(38)27-22-23-28(33(40)41)32(35)31(27)34;/h22-23,25,40-41H,3-21,24H2,1-2H3,(H,36,39);1H/t25-;/m0./s1.